The molecule has 3 fully saturated rings. The summed E-state index contributed by atoms with van der Waals surface area (Å²) in [6.07, 6.45) is 10.0. The standard InChI is InChI=1S/C16H30N2/c1-13-11-17-16(9-5-4-6-10-16)12-18(13)15(2,3)14-7-8-14/h13-14,17H,4-12H2,1-3H3. The van der Waals surface area contributed by atoms with Crippen LogP contribution in [0.3, 0.4) is 0 Å². The van der Waals surface area contributed by atoms with E-state index in [9.17, 15) is 0 Å². The SMILES string of the molecule is CC1CNC2(CCCCC2)CN1C(C)(C)C1CC1. The van der Waals surface area contributed by atoms with Crippen molar-refractivity contribution in [2.75, 3.05) is 13.1 Å². The van der Waals surface area contributed by atoms with Crippen LogP contribution in [0.15, 0.2) is 0 Å². The molecule has 1 N–H and O–H groups in total. The van der Waals surface area contributed by atoms with E-state index < -0.39 is 0 Å². The van der Waals surface area contributed by atoms with Gasteiger partial charge in [-0.25, -0.2) is 0 Å². The third-order valence-electron chi connectivity index (χ3n) is 5.90. The molecule has 2 heteroatoms. The van der Waals surface area contributed by atoms with E-state index in [-0.39, 0.29) is 0 Å². The molecule has 0 aromatic carbocycles. The van der Waals surface area contributed by atoms with E-state index in [1.54, 1.807) is 0 Å². The summed E-state index contributed by atoms with van der Waals surface area (Å²) in [5, 5.41) is 3.90. The van der Waals surface area contributed by atoms with Gasteiger partial charge in [0.25, 0.3) is 0 Å². The Morgan fingerprint density at radius 3 is 2.39 bits per heavy atom. The quantitative estimate of drug-likeness (QED) is 0.810. The Labute approximate surface area is 113 Å². The third-order valence-corrected chi connectivity index (χ3v) is 5.90. The molecule has 2 saturated carbocycles. The molecule has 1 saturated heterocycles. The molecule has 1 heterocycles. The van der Waals surface area contributed by atoms with Crippen molar-refractivity contribution in [3.63, 3.8) is 0 Å². The lowest BCUT2D eigenvalue weighted by Crippen LogP contribution is -2.68. The number of nitrogens with one attached hydrogen (secondary N) is 1. The molecule has 3 aliphatic rings. The zero-order valence-electron chi connectivity index (χ0n) is 12.5. The second kappa shape index (κ2) is 4.49. The second-order valence-electron chi connectivity index (χ2n) is 7.63. The van der Waals surface area contributed by atoms with Gasteiger partial charge in [0.1, 0.15) is 0 Å². The van der Waals surface area contributed by atoms with Gasteiger partial charge in [-0.3, -0.25) is 4.90 Å². The van der Waals surface area contributed by atoms with Crippen molar-refractivity contribution >= 4 is 0 Å². The summed E-state index contributed by atoms with van der Waals surface area (Å²) in [7, 11) is 0. The summed E-state index contributed by atoms with van der Waals surface area (Å²) in [6, 6.07) is 0.702. The average molecular weight is 250 g/mol. The molecule has 1 atom stereocenters. The van der Waals surface area contributed by atoms with Gasteiger partial charge in [-0.2, -0.15) is 0 Å². The van der Waals surface area contributed by atoms with Crippen LogP contribution in [0, 0.1) is 5.92 Å². The molecule has 104 valence electrons. The first-order valence-corrected chi connectivity index (χ1v) is 8.05. The normalized spacial score (nSPS) is 33.8. The summed E-state index contributed by atoms with van der Waals surface area (Å²) in [5.41, 5.74) is 0.878. The number of hydrogen-bond acceptors (Lipinski definition) is 2. The van der Waals surface area contributed by atoms with E-state index in [4.69, 9.17) is 0 Å². The first-order valence-electron chi connectivity index (χ1n) is 8.05. The van der Waals surface area contributed by atoms with E-state index in [2.05, 4.69) is 31.0 Å². The van der Waals surface area contributed by atoms with Crippen molar-refractivity contribution in [1.29, 1.82) is 0 Å². The van der Waals surface area contributed by atoms with Crippen molar-refractivity contribution in [2.45, 2.75) is 82.8 Å². The largest absolute Gasteiger partial charge is 0.308 e. The van der Waals surface area contributed by atoms with Gasteiger partial charge in [0.15, 0.2) is 0 Å². The maximum Gasteiger partial charge on any atom is 0.0309 e. The summed E-state index contributed by atoms with van der Waals surface area (Å²) >= 11 is 0. The highest BCUT2D eigenvalue weighted by Gasteiger charge is 2.48. The van der Waals surface area contributed by atoms with Crippen LogP contribution in [-0.4, -0.2) is 35.1 Å². The molecule has 3 rings (SSSR count). The summed E-state index contributed by atoms with van der Waals surface area (Å²) in [5.74, 6) is 0.957. The Bertz CT molecular complexity index is 300. The number of rotatable bonds is 2. The predicted molar refractivity (Wildman–Crippen MR) is 76.8 cm³/mol. The van der Waals surface area contributed by atoms with Crippen molar-refractivity contribution in [1.82, 2.24) is 10.2 Å². The number of nitrogens with zero attached hydrogens (tertiary/aromatic N) is 1. The summed E-state index contributed by atoms with van der Waals surface area (Å²) in [6.45, 7) is 9.87. The van der Waals surface area contributed by atoms with Crippen LogP contribution in [0.25, 0.3) is 0 Å². The molecule has 0 bridgehead atoms. The van der Waals surface area contributed by atoms with Gasteiger partial charge in [-0.05, 0) is 52.4 Å². The topological polar surface area (TPSA) is 15.3 Å². The molecule has 1 aliphatic heterocycles. The van der Waals surface area contributed by atoms with E-state index in [1.807, 2.05) is 0 Å². The molecule has 1 spiro atoms. The molecule has 0 amide bonds. The molecule has 1 unspecified atom stereocenters. The predicted octanol–water partition coefficient (Wildman–Crippen LogP) is 3.17. The first kappa shape index (κ1) is 12.9. The van der Waals surface area contributed by atoms with Crippen molar-refractivity contribution in [3.05, 3.63) is 0 Å². The molecule has 18 heavy (non-hydrogen) atoms. The highest BCUT2D eigenvalue weighted by molar-refractivity contribution is 5.06. The smallest absolute Gasteiger partial charge is 0.0309 e. The molecule has 2 aliphatic carbocycles. The second-order valence-corrected chi connectivity index (χ2v) is 7.63. The average Bonchev–Trinajstić information content (AvgIpc) is 3.18. The summed E-state index contributed by atoms with van der Waals surface area (Å²) in [4.78, 5) is 2.84. The third kappa shape index (κ3) is 2.22. The lowest BCUT2D eigenvalue weighted by Gasteiger charge is -2.54. The van der Waals surface area contributed by atoms with E-state index >= 15 is 0 Å². The Hall–Kier alpha value is -0.0800. The Balaban J connectivity index is 1.75. The van der Waals surface area contributed by atoms with Crippen LogP contribution in [-0.2, 0) is 0 Å². The maximum atomic E-state index is 3.90. The fourth-order valence-electron chi connectivity index (χ4n) is 4.37. The minimum atomic E-state index is 0.423. The van der Waals surface area contributed by atoms with Gasteiger partial charge in [-0.1, -0.05) is 19.3 Å². The van der Waals surface area contributed by atoms with Gasteiger partial charge >= 0.3 is 0 Å². The van der Waals surface area contributed by atoms with Gasteiger partial charge in [0.2, 0.25) is 0 Å². The van der Waals surface area contributed by atoms with E-state index in [1.165, 1.54) is 58.0 Å². The van der Waals surface area contributed by atoms with Crippen molar-refractivity contribution in [2.24, 2.45) is 5.92 Å². The lowest BCUT2D eigenvalue weighted by atomic mass is 9.77. The Kier molecular flexibility index (Phi) is 3.22. The van der Waals surface area contributed by atoms with Gasteiger partial charge in [0.05, 0.1) is 0 Å². The molecule has 2 nitrogen and oxygen atoms in total. The Morgan fingerprint density at radius 2 is 1.78 bits per heavy atom. The minimum Gasteiger partial charge on any atom is -0.308 e. The molecular weight excluding hydrogens is 220 g/mol. The van der Waals surface area contributed by atoms with Crippen LogP contribution in [0.5, 0.6) is 0 Å². The van der Waals surface area contributed by atoms with Crippen LogP contribution in [0.1, 0.15) is 65.7 Å². The number of hydrogen-bond donors (Lipinski definition) is 1. The van der Waals surface area contributed by atoms with Gasteiger partial charge < -0.3 is 5.32 Å². The molecule has 0 aromatic rings. The highest BCUT2D eigenvalue weighted by Crippen LogP contribution is 2.45. The lowest BCUT2D eigenvalue weighted by molar-refractivity contribution is -0.0160. The highest BCUT2D eigenvalue weighted by atomic mass is 15.3. The van der Waals surface area contributed by atoms with Crippen LogP contribution < -0.4 is 5.32 Å². The van der Waals surface area contributed by atoms with Gasteiger partial charge in [-0.15, -0.1) is 0 Å². The fourth-order valence-corrected chi connectivity index (χ4v) is 4.37. The van der Waals surface area contributed by atoms with E-state index in [0.717, 1.165) is 5.92 Å². The maximum absolute atomic E-state index is 3.90. The molecule has 0 radical (unpaired) electrons. The van der Waals surface area contributed by atoms with Crippen LogP contribution in [0.2, 0.25) is 0 Å². The first-order chi connectivity index (χ1) is 8.54. The van der Waals surface area contributed by atoms with Gasteiger partial charge in [0, 0.05) is 30.2 Å². The monoisotopic (exact) mass is 250 g/mol. The summed E-state index contributed by atoms with van der Waals surface area (Å²) < 4.78 is 0. The molecular formula is C16H30N2. The van der Waals surface area contributed by atoms with Crippen LogP contribution >= 0.6 is 0 Å². The zero-order valence-corrected chi connectivity index (χ0v) is 12.5. The van der Waals surface area contributed by atoms with Crippen molar-refractivity contribution < 1.29 is 0 Å². The fraction of sp³-hybridized carbons (Fsp3) is 1.00. The van der Waals surface area contributed by atoms with Crippen molar-refractivity contribution in [3.8, 4) is 0 Å². The molecule has 0 aromatic heterocycles. The van der Waals surface area contributed by atoms with Crippen LogP contribution in [0.4, 0.5) is 0 Å². The Morgan fingerprint density at radius 1 is 1.11 bits per heavy atom. The van der Waals surface area contributed by atoms with E-state index in [0.29, 0.717) is 17.1 Å². The number of piperazine rings is 1. The minimum absolute atomic E-state index is 0.423. The zero-order chi connectivity index (χ0) is 12.8.